The van der Waals surface area contributed by atoms with Gasteiger partial charge in [0.15, 0.2) is 16.4 Å². The summed E-state index contributed by atoms with van der Waals surface area (Å²) >= 11 is 0. The minimum Gasteiger partial charge on any atom is -0.320 e. The van der Waals surface area contributed by atoms with E-state index >= 15 is 0 Å². The molecule has 3 aliphatic rings. The lowest BCUT2D eigenvalue weighted by molar-refractivity contribution is -0.941. The molecule has 0 spiro atoms. The largest absolute Gasteiger partial charge is 0.320 e. The zero-order valence-electron chi connectivity index (χ0n) is 13.1. The lowest BCUT2D eigenvalue weighted by atomic mass is 10.00. The Bertz CT molecular complexity index is 698. The normalized spacial score (nSPS) is 33.8. The van der Waals surface area contributed by atoms with Crippen molar-refractivity contribution in [1.82, 2.24) is 0 Å². The smallest absolute Gasteiger partial charge is 0.282 e. The summed E-state index contributed by atoms with van der Waals surface area (Å²) in [4.78, 5) is 15.8. The summed E-state index contributed by atoms with van der Waals surface area (Å²) < 4.78 is 24.6. The van der Waals surface area contributed by atoms with Crippen LogP contribution in [0.5, 0.6) is 0 Å². The number of carbonyl (C=O) groups excluding carboxylic acids is 1. The van der Waals surface area contributed by atoms with Crippen LogP contribution in [-0.2, 0) is 14.6 Å². The Hall–Kier alpha value is -1.40. The molecule has 1 N–H and O–H groups in total. The molecule has 1 aromatic carbocycles. The van der Waals surface area contributed by atoms with E-state index in [-0.39, 0.29) is 29.5 Å². The van der Waals surface area contributed by atoms with Crippen LogP contribution in [0, 0.1) is 0 Å². The number of hydrogen-bond donors (Lipinski definition) is 1. The molecule has 3 fully saturated rings. The van der Waals surface area contributed by atoms with Crippen LogP contribution in [0.1, 0.15) is 25.7 Å². The van der Waals surface area contributed by atoms with E-state index in [4.69, 9.17) is 0 Å². The molecular formula is C17H23N2O3S+. The van der Waals surface area contributed by atoms with Crippen molar-refractivity contribution in [2.24, 2.45) is 0 Å². The first-order valence-electron chi connectivity index (χ1n) is 8.48. The molecule has 2 heterocycles. The zero-order valence-corrected chi connectivity index (χ0v) is 14.0. The van der Waals surface area contributed by atoms with Gasteiger partial charge in [-0.25, -0.2) is 8.42 Å². The summed E-state index contributed by atoms with van der Waals surface area (Å²) in [6, 6.07) is 9.80. The quantitative estimate of drug-likeness (QED) is 0.829. The highest BCUT2D eigenvalue weighted by Crippen LogP contribution is 2.27. The average Bonchev–Trinajstić information content (AvgIpc) is 3.14. The summed E-state index contributed by atoms with van der Waals surface area (Å²) in [6.45, 7) is 0.427. The number of anilines is 1. The van der Waals surface area contributed by atoms with Crippen LogP contribution >= 0.6 is 0 Å². The Morgan fingerprint density at radius 3 is 2.43 bits per heavy atom. The number of hydrogen-bond acceptors (Lipinski definition) is 3. The van der Waals surface area contributed by atoms with Crippen molar-refractivity contribution in [2.45, 2.75) is 43.8 Å². The van der Waals surface area contributed by atoms with Crippen molar-refractivity contribution >= 4 is 21.4 Å². The lowest BCUT2D eigenvalue weighted by Gasteiger charge is -2.43. The predicted octanol–water partition coefficient (Wildman–Crippen LogP) is 0.0263. The molecule has 4 rings (SSSR count). The van der Waals surface area contributed by atoms with E-state index in [1.54, 1.807) is 4.90 Å². The first-order chi connectivity index (χ1) is 11.1. The summed E-state index contributed by atoms with van der Waals surface area (Å²) in [5.74, 6) is 0.394. The highest BCUT2D eigenvalue weighted by Gasteiger charge is 2.54. The molecule has 5 nitrogen and oxygen atoms in total. The van der Waals surface area contributed by atoms with Gasteiger partial charge in [-0.3, -0.25) is 9.69 Å². The lowest BCUT2D eigenvalue weighted by Crippen LogP contribution is -3.23. The number of carbonyl (C=O) groups is 1. The summed E-state index contributed by atoms with van der Waals surface area (Å²) in [5, 5.41) is 0. The third-order valence-corrected chi connectivity index (χ3v) is 7.38. The van der Waals surface area contributed by atoms with Crippen molar-refractivity contribution in [2.75, 3.05) is 23.0 Å². The number of benzene rings is 1. The van der Waals surface area contributed by atoms with Gasteiger partial charge in [0, 0.05) is 5.69 Å². The van der Waals surface area contributed by atoms with Gasteiger partial charge in [-0.2, -0.15) is 0 Å². The molecule has 0 radical (unpaired) electrons. The van der Waals surface area contributed by atoms with Crippen molar-refractivity contribution in [3.63, 3.8) is 0 Å². The van der Waals surface area contributed by atoms with Gasteiger partial charge in [-0.15, -0.1) is 0 Å². The van der Waals surface area contributed by atoms with Crippen molar-refractivity contribution in [1.29, 1.82) is 0 Å². The van der Waals surface area contributed by atoms with Crippen LogP contribution in [0.3, 0.4) is 0 Å². The van der Waals surface area contributed by atoms with Gasteiger partial charge in [-0.05, 0) is 37.8 Å². The molecule has 23 heavy (non-hydrogen) atoms. The molecule has 124 valence electrons. The van der Waals surface area contributed by atoms with Gasteiger partial charge in [0.1, 0.15) is 17.8 Å². The Morgan fingerprint density at radius 2 is 1.74 bits per heavy atom. The van der Waals surface area contributed by atoms with E-state index in [1.165, 1.54) is 17.7 Å². The van der Waals surface area contributed by atoms with Crippen molar-refractivity contribution in [3.8, 4) is 0 Å². The van der Waals surface area contributed by atoms with Gasteiger partial charge in [-0.1, -0.05) is 18.2 Å². The molecular weight excluding hydrogens is 312 g/mol. The minimum atomic E-state index is -3.07. The Balaban J connectivity index is 1.70. The van der Waals surface area contributed by atoms with Crippen LogP contribution in [0.25, 0.3) is 0 Å². The summed E-state index contributed by atoms with van der Waals surface area (Å²) in [6.07, 6.45) is 4.65. The third-order valence-electron chi connectivity index (χ3n) is 5.67. The van der Waals surface area contributed by atoms with Gasteiger partial charge < -0.3 is 4.90 Å². The van der Waals surface area contributed by atoms with Gasteiger partial charge in [0.25, 0.3) is 5.91 Å². The molecule has 2 saturated heterocycles. The molecule has 0 aromatic heterocycles. The van der Waals surface area contributed by atoms with E-state index in [9.17, 15) is 13.2 Å². The van der Waals surface area contributed by atoms with Gasteiger partial charge in [0.05, 0.1) is 11.8 Å². The standard InChI is InChI=1S/C17H22N2O3S/c20-17-10-18(13-6-4-5-7-13)15-11-23(21,22)12-16(15)19(17)14-8-2-1-3-9-14/h1-3,8-9,13,15-16H,4-7,10-12H2/p+1/t15-,16-/m1/s1. The molecule has 1 aliphatic carbocycles. The fourth-order valence-electron chi connectivity index (χ4n) is 4.68. The van der Waals surface area contributed by atoms with Crippen LogP contribution in [0.2, 0.25) is 0 Å². The number of quaternary nitrogens is 1. The SMILES string of the molecule is O=C1C[NH+](C2CCCC2)[C@@H]2CS(=O)(=O)C[C@H]2N1c1ccccc1. The maximum absolute atomic E-state index is 12.8. The molecule has 1 saturated carbocycles. The number of piperazine rings is 1. The van der Waals surface area contributed by atoms with E-state index in [1.807, 2.05) is 30.3 Å². The summed E-state index contributed by atoms with van der Waals surface area (Å²) in [5.41, 5.74) is 0.829. The summed E-state index contributed by atoms with van der Waals surface area (Å²) in [7, 11) is -3.07. The highest BCUT2D eigenvalue weighted by atomic mass is 32.2. The molecule has 3 atom stereocenters. The molecule has 6 heteroatoms. The highest BCUT2D eigenvalue weighted by molar-refractivity contribution is 7.91. The number of nitrogens with one attached hydrogen (secondary N) is 1. The third kappa shape index (κ3) is 2.68. The number of rotatable bonds is 2. The Morgan fingerprint density at radius 1 is 1.04 bits per heavy atom. The zero-order chi connectivity index (χ0) is 16.0. The van der Waals surface area contributed by atoms with E-state index in [2.05, 4.69) is 0 Å². The van der Waals surface area contributed by atoms with E-state index in [0.717, 1.165) is 18.5 Å². The van der Waals surface area contributed by atoms with Gasteiger partial charge >= 0.3 is 0 Å². The fraction of sp³-hybridized carbons (Fsp3) is 0.588. The van der Waals surface area contributed by atoms with Crippen LogP contribution < -0.4 is 9.80 Å². The number of fused-ring (bicyclic) bond motifs is 1. The van der Waals surface area contributed by atoms with Crippen LogP contribution in [-0.4, -0.2) is 50.5 Å². The molecule has 1 unspecified atom stereocenters. The predicted molar refractivity (Wildman–Crippen MR) is 88.2 cm³/mol. The first-order valence-corrected chi connectivity index (χ1v) is 10.3. The number of sulfone groups is 1. The second-order valence-electron chi connectivity index (χ2n) is 7.08. The number of amides is 1. The van der Waals surface area contributed by atoms with E-state index in [0.29, 0.717) is 12.6 Å². The monoisotopic (exact) mass is 335 g/mol. The maximum Gasteiger partial charge on any atom is 0.282 e. The van der Waals surface area contributed by atoms with Crippen molar-refractivity contribution in [3.05, 3.63) is 30.3 Å². The second kappa shape index (κ2) is 5.60. The Labute approximate surface area is 137 Å². The van der Waals surface area contributed by atoms with E-state index < -0.39 is 9.84 Å². The van der Waals surface area contributed by atoms with Crippen LogP contribution in [0.4, 0.5) is 5.69 Å². The number of nitrogens with zero attached hydrogens (tertiary/aromatic N) is 1. The second-order valence-corrected chi connectivity index (χ2v) is 9.24. The van der Waals surface area contributed by atoms with Gasteiger partial charge in [0.2, 0.25) is 0 Å². The fourth-order valence-corrected chi connectivity index (χ4v) is 6.70. The van der Waals surface area contributed by atoms with Crippen molar-refractivity contribution < 1.29 is 18.1 Å². The first kappa shape index (κ1) is 15.1. The minimum absolute atomic E-state index is 0.0287. The number of para-hydroxylation sites is 1. The molecule has 0 bridgehead atoms. The van der Waals surface area contributed by atoms with Crippen LogP contribution in [0.15, 0.2) is 30.3 Å². The molecule has 1 aromatic rings. The average molecular weight is 335 g/mol. The molecule has 1 amide bonds. The Kier molecular flexibility index (Phi) is 3.69. The maximum atomic E-state index is 12.8. The topological polar surface area (TPSA) is 58.9 Å². The molecule has 2 aliphatic heterocycles.